The third-order valence-corrected chi connectivity index (χ3v) is 4.28. The van der Waals surface area contributed by atoms with Crippen LogP contribution in [-0.4, -0.2) is 44.3 Å². The van der Waals surface area contributed by atoms with Gasteiger partial charge in [-0.2, -0.15) is 0 Å². The van der Waals surface area contributed by atoms with Gasteiger partial charge in [0.15, 0.2) is 0 Å². The number of hydrogen-bond acceptors (Lipinski definition) is 4. The Hall–Kier alpha value is -1.26. The van der Waals surface area contributed by atoms with Crippen molar-refractivity contribution in [3.63, 3.8) is 0 Å². The number of nitrogens with one attached hydrogen (secondary N) is 1. The molecule has 1 saturated heterocycles. The van der Waals surface area contributed by atoms with E-state index in [1.807, 2.05) is 12.1 Å². The topological polar surface area (TPSA) is 33.7 Å². The average molecular weight is 292 g/mol. The minimum absolute atomic E-state index is 0.546. The zero-order valence-electron chi connectivity index (χ0n) is 13.7. The van der Waals surface area contributed by atoms with E-state index in [1.165, 1.54) is 18.4 Å². The van der Waals surface area contributed by atoms with Crippen molar-refractivity contribution in [2.24, 2.45) is 0 Å². The van der Waals surface area contributed by atoms with Gasteiger partial charge in [-0.1, -0.05) is 19.4 Å². The van der Waals surface area contributed by atoms with Gasteiger partial charge in [-0.05, 0) is 19.4 Å². The van der Waals surface area contributed by atoms with Crippen molar-refractivity contribution in [3.8, 4) is 11.5 Å². The number of methoxy groups -OCH3 is 2. The van der Waals surface area contributed by atoms with Gasteiger partial charge in [0.2, 0.25) is 0 Å². The molecule has 1 heterocycles. The number of rotatable bonds is 6. The molecule has 2 rings (SSSR count). The fourth-order valence-electron chi connectivity index (χ4n) is 2.96. The first-order valence-electron chi connectivity index (χ1n) is 7.86. The van der Waals surface area contributed by atoms with E-state index in [0.29, 0.717) is 12.1 Å². The number of piperazine rings is 1. The highest BCUT2D eigenvalue weighted by Crippen LogP contribution is 2.27. The predicted octanol–water partition coefficient (Wildman–Crippen LogP) is 2.67. The Morgan fingerprint density at radius 3 is 2.76 bits per heavy atom. The summed E-state index contributed by atoms with van der Waals surface area (Å²) in [6.45, 7) is 7.62. The smallest absolute Gasteiger partial charge is 0.127 e. The predicted molar refractivity (Wildman–Crippen MR) is 86.1 cm³/mol. The van der Waals surface area contributed by atoms with E-state index in [2.05, 4.69) is 30.1 Å². The van der Waals surface area contributed by atoms with Crippen LogP contribution in [0.5, 0.6) is 11.5 Å². The molecular weight excluding hydrogens is 264 g/mol. The van der Waals surface area contributed by atoms with Crippen LogP contribution in [0.3, 0.4) is 0 Å². The number of nitrogens with zero attached hydrogens (tertiary/aromatic N) is 1. The lowest BCUT2D eigenvalue weighted by molar-refractivity contribution is 0.128. The highest BCUT2D eigenvalue weighted by Gasteiger charge is 2.25. The van der Waals surface area contributed by atoms with Crippen molar-refractivity contribution in [3.05, 3.63) is 23.8 Å². The van der Waals surface area contributed by atoms with Crippen molar-refractivity contribution in [2.75, 3.05) is 27.3 Å². The van der Waals surface area contributed by atoms with E-state index >= 15 is 0 Å². The Balaban J connectivity index is 2.08. The van der Waals surface area contributed by atoms with Crippen LogP contribution >= 0.6 is 0 Å². The van der Waals surface area contributed by atoms with E-state index in [-0.39, 0.29) is 0 Å². The Kier molecular flexibility index (Phi) is 5.88. The Bertz CT molecular complexity index is 450. The lowest BCUT2D eigenvalue weighted by atomic mass is 10.0. The van der Waals surface area contributed by atoms with Crippen LogP contribution in [0, 0.1) is 0 Å². The SMILES string of the molecule is CCCC1CN(Cc2ccc(OC)cc2OC)C(C)CN1. The summed E-state index contributed by atoms with van der Waals surface area (Å²) in [6.07, 6.45) is 2.47. The lowest BCUT2D eigenvalue weighted by Crippen LogP contribution is -2.54. The second-order valence-electron chi connectivity index (χ2n) is 5.85. The third-order valence-electron chi connectivity index (χ3n) is 4.28. The molecule has 4 nitrogen and oxygen atoms in total. The van der Waals surface area contributed by atoms with Gasteiger partial charge < -0.3 is 14.8 Å². The van der Waals surface area contributed by atoms with Crippen molar-refractivity contribution in [2.45, 2.75) is 45.3 Å². The summed E-state index contributed by atoms with van der Waals surface area (Å²) in [5.74, 6) is 1.75. The Labute approximate surface area is 128 Å². The monoisotopic (exact) mass is 292 g/mol. The first-order valence-corrected chi connectivity index (χ1v) is 7.86. The van der Waals surface area contributed by atoms with E-state index < -0.39 is 0 Å². The lowest BCUT2D eigenvalue weighted by Gasteiger charge is -2.39. The minimum Gasteiger partial charge on any atom is -0.497 e. The van der Waals surface area contributed by atoms with Crippen LogP contribution in [-0.2, 0) is 6.54 Å². The van der Waals surface area contributed by atoms with Gasteiger partial charge in [0, 0.05) is 43.3 Å². The van der Waals surface area contributed by atoms with E-state index in [4.69, 9.17) is 9.47 Å². The molecule has 0 saturated carbocycles. The molecule has 1 aromatic rings. The maximum atomic E-state index is 5.52. The Morgan fingerprint density at radius 1 is 1.29 bits per heavy atom. The summed E-state index contributed by atoms with van der Waals surface area (Å²) < 4.78 is 10.8. The number of hydrogen-bond donors (Lipinski definition) is 1. The molecule has 2 atom stereocenters. The van der Waals surface area contributed by atoms with Gasteiger partial charge in [0.25, 0.3) is 0 Å². The summed E-state index contributed by atoms with van der Waals surface area (Å²) in [4.78, 5) is 2.54. The highest BCUT2D eigenvalue weighted by molar-refractivity contribution is 5.40. The van der Waals surface area contributed by atoms with Crippen LogP contribution in [0.25, 0.3) is 0 Å². The van der Waals surface area contributed by atoms with Crippen molar-refractivity contribution >= 4 is 0 Å². The first-order chi connectivity index (χ1) is 10.2. The molecule has 2 unspecified atom stereocenters. The fourth-order valence-corrected chi connectivity index (χ4v) is 2.96. The van der Waals surface area contributed by atoms with Crippen molar-refractivity contribution in [1.82, 2.24) is 10.2 Å². The molecule has 1 aliphatic rings. The standard InChI is InChI=1S/C17H28N2O2/c1-5-6-15-12-19(13(2)10-18-15)11-14-7-8-16(20-3)9-17(14)21-4/h7-9,13,15,18H,5-6,10-12H2,1-4H3. The summed E-state index contributed by atoms with van der Waals surface area (Å²) in [7, 11) is 3.40. The molecule has 0 spiro atoms. The van der Waals surface area contributed by atoms with Gasteiger partial charge in [-0.15, -0.1) is 0 Å². The van der Waals surface area contributed by atoms with Crippen LogP contribution in [0.4, 0.5) is 0 Å². The van der Waals surface area contributed by atoms with Crippen LogP contribution in [0.15, 0.2) is 18.2 Å². The molecule has 0 bridgehead atoms. The molecule has 1 fully saturated rings. The molecule has 1 N–H and O–H groups in total. The fraction of sp³-hybridized carbons (Fsp3) is 0.647. The molecule has 4 heteroatoms. The molecule has 0 radical (unpaired) electrons. The van der Waals surface area contributed by atoms with Gasteiger partial charge in [-0.25, -0.2) is 0 Å². The van der Waals surface area contributed by atoms with Crippen molar-refractivity contribution in [1.29, 1.82) is 0 Å². The zero-order chi connectivity index (χ0) is 15.2. The third kappa shape index (κ3) is 4.11. The van der Waals surface area contributed by atoms with Crippen molar-refractivity contribution < 1.29 is 9.47 Å². The molecule has 0 amide bonds. The van der Waals surface area contributed by atoms with Gasteiger partial charge in [0.05, 0.1) is 14.2 Å². The molecule has 21 heavy (non-hydrogen) atoms. The molecule has 0 aliphatic carbocycles. The number of benzene rings is 1. The van der Waals surface area contributed by atoms with Crippen LogP contribution in [0.2, 0.25) is 0 Å². The second-order valence-corrected chi connectivity index (χ2v) is 5.85. The first kappa shape index (κ1) is 16.1. The van der Waals surface area contributed by atoms with E-state index in [9.17, 15) is 0 Å². The normalized spacial score (nSPS) is 23.0. The summed E-state index contributed by atoms with van der Waals surface area (Å²) in [6, 6.07) is 7.24. The molecule has 118 valence electrons. The van der Waals surface area contributed by atoms with Gasteiger partial charge in [0.1, 0.15) is 11.5 Å². The van der Waals surface area contributed by atoms with E-state index in [0.717, 1.165) is 31.1 Å². The summed E-state index contributed by atoms with van der Waals surface area (Å²) >= 11 is 0. The zero-order valence-corrected chi connectivity index (χ0v) is 13.7. The Morgan fingerprint density at radius 2 is 2.10 bits per heavy atom. The van der Waals surface area contributed by atoms with Crippen LogP contribution in [0.1, 0.15) is 32.3 Å². The van der Waals surface area contributed by atoms with Gasteiger partial charge in [-0.3, -0.25) is 4.90 Å². The summed E-state index contributed by atoms with van der Waals surface area (Å²) in [5, 5.41) is 3.64. The number of ether oxygens (including phenoxy) is 2. The quantitative estimate of drug-likeness (QED) is 0.874. The maximum Gasteiger partial charge on any atom is 0.127 e. The highest BCUT2D eigenvalue weighted by atomic mass is 16.5. The van der Waals surface area contributed by atoms with Gasteiger partial charge >= 0.3 is 0 Å². The van der Waals surface area contributed by atoms with Crippen LogP contribution < -0.4 is 14.8 Å². The average Bonchev–Trinajstić information content (AvgIpc) is 2.51. The molecule has 1 aliphatic heterocycles. The largest absolute Gasteiger partial charge is 0.497 e. The second kappa shape index (κ2) is 7.66. The van der Waals surface area contributed by atoms with E-state index in [1.54, 1.807) is 14.2 Å². The molecule has 0 aromatic heterocycles. The maximum absolute atomic E-state index is 5.52. The molecule has 1 aromatic carbocycles. The summed E-state index contributed by atoms with van der Waals surface area (Å²) in [5.41, 5.74) is 1.22. The minimum atomic E-state index is 0.546. The molecular formula is C17H28N2O2.